The highest BCUT2D eigenvalue weighted by atomic mass is 32.2. The first-order valence-corrected chi connectivity index (χ1v) is 6.52. The summed E-state index contributed by atoms with van der Waals surface area (Å²) in [5.41, 5.74) is 0. The molecule has 0 saturated carbocycles. The summed E-state index contributed by atoms with van der Waals surface area (Å²) in [6.45, 7) is 9.51. The smallest absolute Gasteiger partial charge is 0.212 e. The second-order valence-corrected chi connectivity index (χ2v) is 6.04. The Bertz CT molecular complexity index is 270. The van der Waals surface area contributed by atoms with Crippen LogP contribution in [-0.2, 0) is 10.0 Å². The van der Waals surface area contributed by atoms with Gasteiger partial charge in [0.1, 0.15) is 0 Å². The maximum Gasteiger partial charge on any atom is 0.212 e. The van der Waals surface area contributed by atoms with Gasteiger partial charge >= 0.3 is 0 Å². The fourth-order valence-corrected chi connectivity index (χ4v) is 2.98. The van der Waals surface area contributed by atoms with Gasteiger partial charge in [0.15, 0.2) is 0 Å². The maximum absolute atomic E-state index is 11.3. The third-order valence-corrected chi connectivity index (χ3v) is 3.80. The fraction of sp³-hybridized carbons (Fsp3) is 0.800. The van der Waals surface area contributed by atoms with Gasteiger partial charge in [-0.25, -0.2) is 13.6 Å². The number of sulfonamides is 1. The topological polar surface area (TPSA) is 60.2 Å². The average Bonchev–Trinajstić information content (AvgIpc) is 1.98. The van der Waals surface area contributed by atoms with E-state index in [0.717, 1.165) is 0 Å². The zero-order chi connectivity index (χ0) is 11.4. The molecule has 3 nitrogen and oxygen atoms in total. The van der Waals surface area contributed by atoms with E-state index in [4.69, 9.17) is 5.14 Å². The summed E-state index contributed by atoms with van der Waals surface area (Å²) in [6, 6.07) is 0. The van der Waals surface area contributed by atoms with Crippen molar-refractivity contribution in [3.05, 3.63) is 12.7 Å². The molecule has 0 aromatic heterocycles. The zero-order valence-corrected chi connectivity index (χ0v) is 10.0. The SMILES string of the molecule is C=CCC(C)C(CC(C)C)S(N)(=O)=O. The van der Waals surface area contributed by atoms with Crippen LogP contribution < -0.4 is 5.14 Å². The normalized spacial score (nSPS) is 16.6. The first-order valence-electron chi connectivity index (χ1n) is 4.91. The molecular weight excluding hydrogens is 198 g/mol. The predicted molar refractivity (Wildman–Crippen MR) is 60.3 cm³/mol. The molecule has 0 saturated heterocycles. The molecule has 0 aromatic carbocycles. The first kappa shape index (κ1) is 13.7. The molecule has 4 heteroatoms. The van der Waals surface area contributed by atoms with Crippen molar-refractivity contribution < 1.29 is 8.42 Å². The third kappa shape index (κ3) is 4.77. The molecule has 0 radical (unpaired) electrons. The van der Waals surface area contributed by atoms with Crippen LogP contribution in [0.3, 0.4) is 0 Å². The average molecular weight is 219 g/mol. The molecular formula is C10H21NO2S. The predicted octanol–water partition coefficient (Wildman–Crippen LogP) is 1.90. The van der Waals surface area contributed by atoms with Crippen LogP contribution >= 0.6 is 0 Å². The van der Waals surface area contributed by atoms with Crippen LogP contribution in [0, 0.1) is 11.8 Å². The van der Waals surface area contributed by atoms with Crippen LogP contribution in [0.15, 0.2) is 12.7 Å². The van der Waals surface area contributed by atoms with Gasteiger partial charge < -0.3 is 0 Å². The van der Waals surface area contributed by atoms with Crippen molar-refractivity contribution in [3.8, 4) is 0 Å². The summed E-state index contributed by atoms with van der Waals surface area (Å²) in [4.78, 5) is 0. The molecule has 84 valence electrons. The Kier molecular flexibility index (Phi) is 5.37. The Balaban J connectivity index is 4.64. The third-order valence-electron chi connectivity index (χ3n) is 2.30. The van der Waals surface area contributed by atoms with Crippen molar-refractivity contribution in [3.63, 3.8) is 0 Å². The van der Waals surface area contributed by atoms with Crippen LogP contribution in [0.25, 0.3) is 0 Å². The van der Waals surface area contributed by atoms with Gasteiger partial charge in [-0.15, -0.1) is 6.58 Å². The van der Waals surface area contributed by atoms with Gasteiger partial charge in [-0.1, -0.05) is 26.8 Å². The molecule has 0 heterocycles. The molecule has 0 aromatic rings. The summed E-state index contributed by atoms with van der Waals surface area (Å²) < 4.78 is 22.7. The van der Waals surface area contributed by atoms with Crippen molar-refractivity contribution in [1.29, 1.82) is 0 Å². The molecule has 0 aliphatic heterocycles. The van der Waals surface area contributed by atoms with E-state index in [1.54, 1.807) is 6.08 Å². The van der Waals surface area contributed by atoms with E-state index in [0.29, 0.717) is 18.8 Å². The van der Waals surface area contributed by atoms with Crippen LogP contribution in [0.4, 0.5) is 0 Å². The number of nitrogens with two attached hydrogens (primary N) is 1. The summed E-state index contributed by atoms with van der Waals surface area (Å²) in [5, 5.41) is 4.75. The molecule has 0 rings (SSSR count). The van der Waals surface area contributed by atoms with Crippen molar-refractivity contribution in [2.45, 2.75) is 38.9 Å². The molecule has 0 aliphatic rings. The Morgan fingerprint density at radius 3 is 2.14 bits per heavy atom. The van der Waals surface area contributed by atoms with Crippen LogP contribution in [0.5, 0.6) is 0 Å². The van der Waals surface area contributed by atoms with E-state index in [-0.39, 0.29) is 5.92 Å². The second-order valence-electron chi connectivity index (χ2n) is 4.26. The number of hydrogen-bond donors (Lipinski definition) is 1. The lowest BCUT2D eigenvalue weighted by atomic mass is 9.96. The van der Waals surface area contributed by atoms with Gasteiger partial charge in [-0.2, -0.15) is 0 Å². The monoisotopic (exact) mass is 219 g/mol. The number of hydrogen-bond acceptors (Lipinski definition) is 2. The largest absolute Gasteiger partial charge is 0.228 e. The highest BCUT2D eigenvalue weighted by molar-refractivity contribution is 7.89. The lowest BCUT2D eigenvalue weighted by molar-refractivity contribution is 0.441. The summed E-state index contributed by atoms with van der Waals surface area (Å²) in [6.07, 6.45) is 3.05. The number of rotatable bonds is 6. The molecule has 0 bridgehead atoms. The van der Waals surface area contributed by atoms with E-state index in [1.165, 1.54) is 0 Å². The Morgan fingerprint density at radius 1 is 1.36 bits per heavy atom. The summed E-state index contributed by atoms with van der Waals surface area (Å²) in [7, 11) is -3.43. The van der Waals surface area contributed by atoms with Crippen molar-refractivity contribution >= 4 is 10.0 Å². The molecule has 2 atom stereocenters. The first-order chi connectivity index (χ1) is 6.29. The van der Waals surface area contributed by atoms with E-state index < -0.39 is 15.3 Å². The van der Waals surface area contributed by atoms with Gasteiger partial charge in [-0.3, -0.25) is 0 Å². The summed E-state index contributed by atoms with van der Waals surface area (Å²) >= 11 is 0. The highest BCUT2D eigenvalue weighted by Gasteiger charge is 2.27. The Hall–Kier alpha value is -0.350. The van der Waals surface area contributed by atoms with Gasteiger partial charge in [-0.05, 0) is 24.7 Å². The molecule has 0 aliphatic carbocycles. The minimum Gasteiger partial charge on any atom is -0.228 e. The molecule has 14 heavy (non-hydrogen) atoms. The Morgan fingerprint density at radius 2 is 1.86 bits per heavy atom. The van der Waals surface area contributed by atoms with Crippen molar-refractivity contribution in [1.82, 2.24) is 0 Å². The standard InChI is InChI=1S/C10H21NO2S/c1-5-6-9(4)10(7-8(2)3)14(11,12)13/h5,8-10H,1,6-7H2,2-4H3,(H2,11,12,13). The molecule has 2 unspecified atom stereocenters. The van der Waals surface area contributed by atoms with Gasteiger partial charge in [0, 0.05) is 0 Å². The quantitative estimate of drug-likeness (QED) is 0.694. The van der Waals surface area contributed by atoms with Crippen LogP contribution in [-0.4, -0.2) is 13.7 Å². The molecule has 0 fully saturated rings. The highest BCUT2D eigenvalue weighted by Crippen LogP contribution is 2.21. The second kappa shape index (κ2) is 5.51. The zero-order valence-electron chi connectivity index (χ0n) is 9.23. The molecule has 0 spiro atoms. The van der Waals surface area contributed by atoms with Gasteiger partial charge in [0.25, 0.3) is 0 Å². The number of allylic oxidation sites excluding steroid dienone is 1. The van der Waals surface area contributed by atoms with E-state index in [2.05, 4.69) is 6.58 Å². The van der Waals surface area contributed by atoms with Gasteiger partial charge in [0.2, 0.25) is 10.0 Å². The van der Waals surface area contributed by atoms with Crippen LogP contribution in [0.2, 0.25) is 0 Å². The minimum atomic E-state index is -3.43. The van der Waals surface area contributed by atoms with Crippen LogP contribution in [0.1, 0.15) is 33.6 Å². The summed E-state index contributed by atoms with van der Waals surface area (Å²) in [5.74, 6) is 0.385. The van der Waals surface area contributed by atoms with E-state index >= 15 is 0 Å². The molecule has 2 N–H and O–H groups in total. The lowest BCUT2D eigenvalue weighted by Crippen LogP contribution is -2.35. The fourth-order valence-electron chi connectivity index (χ4n) is 1.57. The number of primary sulfonamides is 1. The minimum absolute atomic E-state index is 0.0462. The van der Waals surface area contributed by atoms with Gasteiger partial charge in [0.05, 0.1) is 5.25 Å². The Labute approximate surface area is 87.4 Å². The molecule has 0 amide bonds. The van der Waals surface area contributed by atoms with Crippen molar-refractivity contribution in [2.24, 2.45) is 17.0 Å². The van der Waals surface area contributed by atoms with E-state index in [1.807, 2.05) is 20.8 Å². The van der Waals surface area contributed by atoms with Crippen molar-refractivity contribution in [2.75, 3.05) is 0 Å². The maximum atomic E-state index is 11.3. The lowest BCUT2D eigenvalue weighted by Gasteiger charge is -2.22. The van der Waals surface area contributed by atoms with E-state index in [9.17, 15) is 8.42 Å².